The van der Waals surface area contributed by atoms with Crippen LogP contribution in [0.25, 0.3) is 0 Å². The van der Waals surface area contributed by atoms with Crippen LogP contribution in [0.3, 0.4) is 0 Å². The maximum absolute atomic E-state index is 6.17. The number of anilines is 1. The maximum Gasteiger partial charge on any atom is 0.135 e. The Morgan fingerprint density at radius 2 is 2.24 bits per heavy atom. The van der Waals surface area contributed by atoms with Gasteiger partial charge in [0.25, 0.3) is 0 Å². The van der Waals surface area contributed by atoms with Crippen LogP contribution in [-0.2, 0) is 0 Å². The number of nitrogens with zero attached hydrogens (tertiary/aromatic N) is 3. The van der Waals surface area contributed by atoms with Crippen molar-refractivity contribution in [3.05, 3.63) is 35.2 Å². The monoisotopic (exact) mass is 320 g/mol. The fourth-order valence-electron chi connectivity index (χ4n) is 1.91. The highest BCUT2D eigenvalue weighted by Gasteiger charge is 2.27. The van der Waals surface area contributed by atoms with Gasteiger partial charge in [-0.2, -0.15) is 0 Å². The largest absolute Gasteiger partial charge is 0.370 e. The molecule has 21 heavy (non-hydrogen) atoms. The smallest absolute Gasteiger partial charge is 0.135 e. The van der Waals surface area contributed by atoms with Crippen LogP contribution in [0.4, 0.5) is 5.82 Å². The molecule has 110 valence electrons. The first-order valence-corrected chi connectivity index (χ1v) is 8.37. The Hall–Kier alpha value is -1.33. The lowest BCUT2D eigenvalue weighted by atomic mass is 10.4. The molecule has 0 saturated heterocycles. The van der Waals surface area contributed by atoms with Crippen molar-refractivity contribution in [1.29, 1.82) is 0 Å². The number of hydrogen-bond donors (Lipinski definition) is 1. The van der Waals surface area contributed by atoms with Gasteiger partial charge in [-0.05, 0) is 43.2 Å². The van der Waals surface area contributed by atoms with E-state index in [-0.39, 0.29) is 0 Å². The van der Waals surface area contributed by atoms with Gasteiger partial charge in [0.15, 0.2) is 0 Å². The number of nitrogens with one attached hydrogen (secondary N) is 1. The van der Waals surface area contributed by atoms with E-state index in [0.29, 0.717) is 10.9 Å². The molecule has 0 amide bonds. The Morgan fingerprint density at radius 3 is 2.95 bits per heavy atom. The highest BCUT2D eigenvalue weighted by molar-refractivity contribution is 7.99. The summed E-state index contributed by atoms with van der Waals surface area (Å²) in [6, 6.07) is 5.64. The molecule has 0 bridgehead atoms. The van der Waals surface area contributed by atoms with Crippen molar-refractivity contribution in [2.45, 2.75) is 42.2 Å². The summed E-state index contributed by atoms with van der Waals surface area (Å²) in [7, 11) is 0. The van der Waals surface area contributed by atoms with Crippen LogP contribution in [0.1, 0.15) is 37.9 Å². The average Bonchev–Trinajstić information content (AvgIpc) is 3.32. The van der Waals surface area contributed by atoms with Crippen molar-refractivity contribution < 1.29 is 0 Å². The summed E-state index contributed by atoms with van der Waals surface area (Å²) in [5, 5.41) is 5.66. The van der Waals surface area contributed by atoms with Gasteiger partial charge in [-0.25, -0.2) is 15.0 Å². The zero-order valence-corrected chi connectivity index (χ0v) is 13.4. The van der Waals surface area contributed by atoms with Crippen LogP contribution in [0, 0.1) is 0 Å². The normalized spacial score (nSPS) is 14.2. The van der Waals surface area contributed by atoms with E-state index in [1.54, 1.807) is 6.20 Å². The minimum atomic E-state index is 0.520. The highest BCUT2D eigenvalue weighted by Crippen LogP contribution is 2.40. The fourth-order valence-corrected chi connectivity index (χ4v) is 2.93. The maximum atomic E-state index is 6.17. The molecule has 1 fully saturated rings. The molecule has 1 N–H and O–H groups in total. The average molecular weight is 321 g/mol. The Labute approximate surface area is 133 Å². The molecule has 6 heteroatoms. The van der Waals surface area contributed by atoms with Gasteiger partial charge < -0.3 is 5.32 Å². The zero-order valence-electron chi connectivity index (χ0n) is 11.8. The van der Waals surface area contributed by atoms with E-state index in [1.807, 2.05) is 18.2 Å². The van der Waals surface area contributed by atoms with Gasteiger partial charge in [0.2, 0.25) is 0 Å². The molecule has 0 radical (unpaired) electrons. The van der Waals surface area contributed by atoms with Gasteiger partial charge in [-0.15, -0.1) is 0 Å². The van der Waals surface area contributed by atoms with E-state index in [0.717, 1.165) is 34.7 Å². The van der Waals surface area contributed by atoms with Gasteiger partial charge in [-0.3, -0.25) is 0 Å². The summed E-state index contributed by atoms with van der Waals surface area (Å²) < 4.78 is 0. The van der Waals surface area contributed by atoms with Gasteiger partial charge in [0.1, 0.15) is 21.7 Å². The van der Waals surface area contributed by atoms with Crippen molar-refractivity contribution in [2.75, 3.05) is 11.9 Å². The quantitative estimate of drug-likeness (QED) is 0.801. The van der Waals surface area contributed by atoms with Crippen molar-refractivity contribution >= 4 is 29.2 Å². The topological polar surface area (TPSA) is 50.7 Å². The van der Waals surface area contributed by atoms with Crippen LogP contribution in [-0.4, -0.2) is 21.5 Å². The summed E-state index contributed by atoms with van der Waals surface area (Å²) in [4.78, 5) is 13.6. The van der Waals surface area contributed by atoms with E-state index in [9.17, 15) is 0 Å². The number of aromatic nitrogens is 3. The third-order valence-electron chi connectivity index (χ3n) is 3.14. The van der Waals surface area contributed by atoms with Crippen LogP contribution in [0.15, 0.2) is 34.4 Å². The van der Waals surface area contributed by atoms with Crippen LogP contribution >= 0.6 is 23.4 Å². The number of hydrogen-bond acceptors (Lipinski definition) is 5. The van der Waals surface area contributed by atoms with Gasteiger partial charge in [0, 0.05) is 24.7 Å². The first-order valence-electron chi connectivity index (χ1n) is 7.17. The summed E-state index contributed by atoms with van der Waals surface area (Å²) in [6.45, 7) is 3.05. The molecule has 2 aromatic rings. The summed E-state index contributed by atoms with van der Waals surface area (Å²) >= 11 is 7.66. The molecular weight excluding hydrogens is 304 g/mol. The second-order valence-electron chi connectivity index (χ2n) is 5.04. The van der Waals surface area contributed by atoms with E-state index < -0.39 is 0 Å². The fraction of sp³-hybridized carbons (Fsp3) is 0.400. The molecule has 2 aromatic heterocycles. The second-order valence-corrected chi connectivity index (χ2v) is 6.46. The molecule has 1 saturated carbocycles. The molecule has 0 atom stereocenters. The van der Waals surface area contributed by atoms with E-state index in [1.165, 1.54) is 24.6 Å². The molecule has 3 rings (SSSR count). The van der Waals surface area contributed by atoms with E-state index in [4.69, 9.17) is 11.6 Å². The number of rotatable bonds is 6. The minimum Gasteiger partial charge on any atom is -0.370 e. The van der Waals surface area contributed by atoms with Crippen LogP contribution in [0.5, 0.6) is 0 Å². The molecule has 4 nitrogen and oxygen atoms in total. The third-order valence-corrected chi connectivity index (χ3v) is 4.50. The van der Waals surface area contributed by atoms with E-state index >= 15 is 0 Å². The third kappa shape index (κ3) is 3.86. The lowest BCUT2D eigenvalue weighted by molar-refractivity contribution is 0.867. The Bertz CT molecular complexity index is 631. The minimum absolute atomic E-state index is 0.520. The Balaban J connectivity index is 1.86. The Kier molecular flexibility index (Phi) is 4.60. The van der Waals surface area contributed by atoms with Crippen LogP contribution in [0.2, 0.25) is 5.02 Å². The predicted octanol–water partition coefficient (Wildman–Crippen LogP) is 4.38. The van der Waals surface area contributed by atoms with E-state index in [2.05, 4.69) is 27.2 Å². The van der Waals surface area contributed by atoms with Gasteiger partial charge in [0.05, 0.1) is 5.02 Å². The summed E-state index contributed by atoms with van der Waals surface area (Å²) in [5.74, 6) is 2.35. The molecule has 0 aromatic carbocycles. The van der Waals surface area contributed by atoms with Gasteiger partial charge in [-0.1, -0.05) is 18.5 Å². The summed E-state index contributed by atoms with van der Waals surface area (Å²) in [6.07, 6.45) is 5.18. The van der Waals surface area contributed by atoms with Crippen molar-refractivity contribution in [1.82, 2.24) is 15.0 Å². The first-order chi connectivity index (χ1) is 10.3. The molecule has 1 aliphatic rings. The molecule has 2 heterocycles. The van der Waals surface area contributed by atoms with Crippen molar-refractivity contribution in [3.8, 4) is 0 Å². The van der Waals surface area contributed by atoms with Crippen molar-refractivity contribution in [2.24, 2.45) is 0 Å². The SMILES string of the molecule is CCCNc1cc(Sc2ncccc2Cl)nc(C2CC2)n1. The molecule has 0 unspecified atom stereocenters. The second kappa shape index (κ2) is 6.62. The standard InChI is InChI=1S/C15H17ClN4S/c1-2-7-17-12-9-13(20-14(19-12)10-5-6-10)21-15-11(16)4-3-8-18-15/h3-4,8-10H,2,5-7H2,1H3,(H,17,19,20). The van der Waals surface area contributed by atoms with Crippen molar-refractivity contribution in [3.63, 3.8) is 0 Å². The molecule has 1 aliphatic carbocycles. The van der Waals surface area contributed by atoms with Gasteiger partial charge >= 0.3 is 0 Å². The number of pyridine rings is 1. The summed E-state index contributed by atoms with van der Waals surface area (Å²) in [5.41, 5.74) is 0. The molecule has 0 spiro atoms. The first kappa shape index (κ1) is 14.6. The lowest BCUT2D eigenvalue weighted by Crippen LogP contribution is -2.05. The Morgan fingerprint density at radius 1 is 1.38 bits per heavy atom. The number of halogens is 1. The highest BCUT2D eigenvalue weighted by atomic mass is 35.5. The lowest BCUT2D eigenvalue weighted by Gasteiger charge is -2.09. The van der Waals surface area contributed by atoms with Crippen LogP contribution < -0.4 is 5.32 Å². The zero-order chi connectivity index (χ0) is 14.7. The predicted molar refractivity (Wildman–Crippen MR) is 86.2 cm³/mol. The molecule has 0 aliphatic heterocycles. The molecular formula is C15H17ClN4S.